The number of alkyl halides is 7. The molecule has 0 heterocycles. The molecule has 0 aliphatic rings. The molecule has 0 N–H and O–H groups in total. The van der Waals surface area contributed by atoms with Gasteiger partial charge in [-0.1, -0.05) is 0 Å². The third-order valence-electron chi connectivity index (χ3n) is 1.81. The Morgan fingerprint density at radius 3 is 1.88 bits per heavy atom. The Kier molecular flexibility index (Phi) is 3.76. The van der Waals surface area contributed by atoms with Crippen molar-refractivity contribution in [2.45, 2.75) is 12.4 Å². The van der Waals surface area contributed by atoms with Gasteiger partial charge in [-0.15, -0.1) is 0 Å². The van der Waals surface area contributed by atoms with Crippen LogP contribution in [0.5, 0.6) is 0 Å². The summed E-state index contributed by atoms with van der Waals surface area (Å²) >= 11 is -1.06. The number of benzene rings is 1. The molecule has 0 aromatic heterocycles. The Labute approximate surface area is 97.9 Å². The topological polar surface area (TPSA) is 0 Å². The molecule has 0 radical (unpaired) electrons. The van der Waals surface area contributed by atoms with Crippen molar-refractivity contribution in [2.24, 2.45) is 0 Å². The third-order valence-corrected chi connectivity index (χ3v) is 3.86. The van der Waals surface area contributed by atoms with Crippen molar-refractivity contribution in [1.29, 1.82) is 0 Å². The van der Waals surface area contributed by atoms with E-state index in [1.807, 2.05) is 0 Å². The SMILES string of the molecule is C[I-]c1cc(C(F)(F)F)ccc1C(F)(F)F. The number of hydrogen-bond acceptors (Lipinski definition) is 0. The van der Waals surface area contributed by atoms with Gasteiger partial charge in [0.25, 0.3) is 0 Å². The molecule has 0 unspecified atom stereocenters. The number of rotatable bonds is 1. The Morgan fingerprint density at radius 2 is 1.50 bits per heavy atom. The van der Waals surface area contributed by atoms with E-state index in [2.05, 4.69) is 0 Å². The van der Waals surface area contributed by atoms with Crippen LogP contribution in [0.3, 0.4) is 0 Å². The average molecular weight is 355 g/mol. The molecule has 0 nitrogen and oxygen atoms in total. The van der Waals surface area contributed by atoms with Crippen molar-refractivity contribution >= 4 is 0 Å². The monoisotopic (exact) mass is 355 g/mol. The van der Waals surface area contributed by atoms with Gasteiger partial charge in [0.1, 0.15) is 0 Å². The molecule has 1 aromatic rings. The molecule has 16 heavy (non-hydrogen) atoms. The van der Waals surface area contributed by atoms with Gasteiger partial charge in [-0.25, -0.2) is 0 Å². The van der Waals surface area contributed by atoms with Gasteiger partial charge in [0.05, 0.1) is 0 Å². The maximum atomic E-state index is 12.4. The van der Waals surface area contributed by atoms with Crippen molar-refractivity contribution in [3.05, 3.63) is 32.9 Å². The first-order valence-corrected chi connectivity index (χ1v) is 7.18. The molecule has 0 aliphatic heterocycles. The molecule has 0 aliphatic carbocycles. The standard InChI is InChI=1S/C9H6F6I/c1-16-7-4-5(8(10,11)12)2-3-6(7)9(13,14)15/h2-4H,1H3/q-1. The first-order chi connectivity index (χ1) is 7.16. The molecule has 92 valence electrons. The van der Waals surface area contributed by atoms with Gasteiger partial charge >= 0.3 is 97.7 Å². The van der Waals surface area contributed by atoms with Gasteiger partial charge < -0.3 is 0 Å². The summed E-state index contributed by atoms with van der Waals surface area (Å²) in [5, 5.41) is 0. The van der Waals surface area contributed by atoms with E-state index in [0.29, 0.717) is 18.2 Å². The van der Waals surface area contributed by atoms with Crippen molar-refractivity contribution in [3.8, 4) is 0 Å². The first-order valence-electron chi connectivity index (χ1n) is 3.94. The molecule has 1 rings (SSSR count). The van der Waals surface area contributed by atoms with Crippen LogP contribution in [0.15, 0.2) is 18.2 Å². The molecular weight excluding hydrogens is 349 g/mol. The van der Waals surface area contributed by atoms with Crippen LogP contribution in [0.4, 0.5) is 26.3 Å². The molecule has 0 spiro atoms. The Balaban J connectivity index is 3.28. The van der Waals surface area contributed by atoms with Crippen molar-refractivity contribution in [3.63, 3.8) is 0 Å². The predicted octanol–water partition coefficient (Wildman–Crippen LogP) is 0.613. The Morgan fingerprint density at radius 1 is 0.938 bits per heavy atom. The fraction of sp³-hybridized carbons (Fsp3) is 0.333. The second kappa shape index (κ2) is 4.42. The molecule has 0 bridgehead atoms. The van der Waals surface area contributed by atoms with E-state index in [0.717, 1.165) is 0 Å². The Hall–Kier alpha value is -0.470. The van der Waals surface area contributed by atoms with E-state index in [-0.39, 0.29) is 3.57 Å². The van der Waals surface area contributed by atoms with Gasteiger partial charge in [-0.2, -0.15) is 0 Å². The quantitative estimate of drug-likeness (QED) is 0.394. The maximum absolute atomic E-state index is 12.4. The number of hydrogen-bond donors (Lipinski definition) is 0. The van der Waals surface area contributed by atoms with Crippen LogP contribution < -0.4 is 21.2 Å². The average Bonchev–Trinajstić information content (AvgIpc) is 2.14. The summed E-state index contributed by atoms with van der Waals surface area (Å²) in [5.74, 6) is 0. The van der Waals surface area contributed by atoms with Crippen LogP contribution in [-0.4, -0.2) is 4.93 Å². The summed E-state index contributed by atoms with van der Waals surface area (Å²) in [6.07, 6.45) is -9.19. The third kappa shape index (κ3) is 3.02. The van der Waals surface area contributed by atoms with Crippen LogP contribution in [-0.2, 0) is 12.4 Å². The van der Waals surface area contributed by atoms with Gasteiger partial charge in [0.15, 0.2) is 0 Å². The fourth-order valence-corrected chi connectivity index (χ4v) is 2.79. The minimum atomic E-state index is -4.60. The normalized spacial score (nSPS) is 13.2. The van der Waals surface area contributed by atoms with E-state index in [9.17, 15) is 26.3 Å². The summed E-state index contributed by atoms with van der Waals surface area (Å²) in [7, 11) is 0. The van der Waals surface area contributed by atoms with Crippen molar-refractivity contribution in [1.82, 2.24) is 0 Å². The zero-order valence-electron chi connectivity index (χ0n) is 7.88. The van der Waals surface area contributed by atoms with Gasteiger partial charge in [0, 0.05) is 0 Å². The molecular formula is C9H6F6I-. The molecule has 0 saturated heterocycles. The zero-order valence-corrected chi connectivity index (χ0v) is 10.0. The second-order valence-corrected chi connectivity index (χ2v) is 5.12. The fourth-order valence-electron chi connectivity index (χ4n) is 1.08. The second-order valence-electron chi connectivity index (χ2n) is 2.88. The van der Waals surface area contributed by atoms with Gasteiger partial charge in [-0.3, -0.25) is 0 Å². The summed E-state index contributed by atoms with van der Waals surface area (Å²) in [4.78, 5) is 1.49. The van der Waals surface area contributed by atoms with Crippen molar-refractivity contribution < 1.29 is 47.5 Å². The predicted molar refractivity (Wildman–Crippen MR) is 41.1 cm³/mol. The van der Waals surface area contributed by atoms with E-state index in [1.165, 1.54) is 4.93 Å². The van der Waals surface area contributed by atoms with Crippen LogP contribution >= 0.6 is 0 Å². The molecule has 0 amide bonds. The van der Waals surface area contributed by atoms with Gasteiger partial charge in [0.2, 0.25) is 0 Å². The first kappa shape index (κ1) is 13.6. The minimum absolute atomic E-state index is 0.235. The van der Waals surface area contributed by atoms with Crippen LogP contribution in [0.2, 0.25) is 0 Å². The summed E-state index contributed by atoms with van der Waals surface area (Å²) in [6, 6.07) is 1.56. The van der Waals surface area contributed by atoms with Crippen molar-refractivity contribution in [2.75, 3.05) is 4.93 Å². The van der Waals surface area contributed by atoms with E-state index >= 15 is 0 Å². The van der Waals surface area contributed by atoms with Crippen LogP contribution in [0.1, 0.15) is 11.1 Å². The zero-order chi connectivity index (χ0) is 12.6. The molecule has 0 atom stereocenters. The summed E-state index contributed by atoms with van der Waals surface area (Å²) < 4.78 is 73.8. The molecule has 1 aromatic carbocycles. The van der Waals surface area contributed by atoms with Crippen LogP contribution in [0.25, 0.3) is 0 Å². The number of halogens is 7. The van der Waals surface area contributed by atoms with Crippen LogP contribution in [0, 0.1) is 3.57 Å². The summed E-state index contributed by atoms with van der Waals surface area (Å²) in [5.41, 5.74) is -1.99. The van der Waals surface area contributed by atoms with E-state index < -0.39 is 44.7 Å². The molecule has 7 heteroatoms. The molecule has 0 fully saturated rings. The van der Waals surface area contributed by atoms with E-state index in [4.69, 9.17) is 0 Å². The van der Waals surface area contributed by atoms with Gasteiger partial charge in [-0.05, 0) is 0 Å². The molecule has 0 saturated carbocycles. The summed E-state index contributed by atoms with van der Waals surface area (Å²) in [6.45, 7) is 0. The Bertz CT molecular complexity index is 379. The van der Waals surface area contributed by atoms with E-state index in [1.54, 1.807) is 0 Å².